The summed E-state index contributed by atoms with van der Waals surface area (Å²) in [6.07, 6.45) is 4.14. The van der Waals surface area contributed by atoms with E-state index in [-0.39, 0.29) is 13.2 Å². The van der Waals surface area contributed by atoms with E-state index < -0.39 is 0 Å². The van der Waals surface area contributed by atoms with Gasteiger partial charge >= 0.3 is 0 Å². The minimum atomic E-state index is -0.0281. The largest absolute Gasteiger partial charge is 0.491 e. The molecule has 0 fully saturated rings. The fourth-order valence-corrected chi connectivity index (χ4v) is 5.21. The standard InChI is InChI=1S/C24H25Cl2N3O2/c25-20-3-1-2-15-4-5-16(12-18(15)20)29-9-8-22-23(14-29)28-24(27-22)19-13-17(31-11-10-30)6-7-21(19)26/h1-3,6-7,13,16,30H,4-5,8-12,14H2,(H,27,28). The first-order valence-corrected chi connectivity index (χ1v) is 11.5. The fourth-order valence-electron chi connectivity index (χ4n) is 4.73. The molecule has 1 unspecified atom stereocenters. The second-order valence-corrected chi connectivity index (χ2v) is 9.03. The summed E-state index contributed by atoms with van der Waals surface area (Å²) < 4.78 is 5.54. The number of aliphatic hydroxyl groups is 1. The molecule has 0 radical (unpaired) electrons. The first-order chi connectivity index (χ1) is 15.1. The maximum absolute atomic E-state index is 9.00. The average Bonchev–Trinajstić information content (AvgIpc) is 3.22. The third-order valence-electron chi connectivity index (χ3n) is 6.33. The molecule has 5 nitrogen and oxygen atoms in total. The Kier molecular flexibility index (Phi) is 5.93. The van der Waals surface area contributed by atoms with Crippen LogP contribution in [0.2, 0.25) is 10.0 Å². The van der Waals surface area contributed by atoms with Gasteiger partial charge in [0.25, 0.3) is 0 Å². The lowest BCUT2D eigenvalue weighted by atomic mass is 9.87. The Morgan fingerprint density at radius 3 is 2.94 bits per heavy atom. The molecule has 0 amide bonds. The molecular formula is C24H25Cl2N3O2. The highest BCUT2D eigenvalue weighted by molar-refractivity contribution is 6.33. The number of H-pyrrole nitrogens is 1. The normalized spacial score (nSPS) is 18.5. The number of aromatic amines is 1. The van der Waals surface area contributed by atoms with Gasteiger partial charge in [-0.2, -0.15) is 0 Å². The topological polar surface area (TPSA) is 61.4 Å². The molecule has 3 aromatic rings. The number of ether oxygens (including phenoxy) is 1. The molecule has 5 rings (SSSR count). The lowest BCUT2D eigenvalue weighted by molar-refractivity contribution is 0.160. The van der Waals surface area contributed by atoms with Crippen LogP contribution >= 0.6 is 23.2 Å². The lowest BCUT2D eigenvalue weighted by Crippen LogP contribution is -2.42. The van der Waals surface area contributed by atoms with Crippen molar-refractivity contribution in [3.63, 3.8) is 0 Å². The van der Waals surface area contributed by atoms with Crippen LogP contribution in [0.1, 0.15) is 28.9 Å². The van der Waals surface area contributed by atoms with E-state index in [2.05, 4.69) is 22.0 Å². The molecule has 0 spiro atoms. The number of rotatable bonds is 5. The summed E-state index contributed by atoms with van der Waals surface area (Å²) in [7, 11) is 0. The number of aliphatic hydroxyl groups excluding tert-OH is 1. The highest BCUT2D eigenvalue weighted by atomic mass is 35.5. The third-order valence-corrected chi connectivity index (χ3v) is 7.02. The summed E-state index contributed by atoms with van der Waals surface area (Å²) in [6, 6.07) is 12.2. The van der Waals surface area contributed by atoms with Crippen molar-refractivity contribution in [2.24, 2.45) is 0 Å². The Bertz CT molecular complexity index is 1100. The molecule has 2 N–H and O–H groups in total. The van der Waals surface area contributed by atoms with E-state index >= 15 is 0 Å². The maximum Gasteiger partial charge on any atom is 0.139 e. The van der Waals surface area contributed by atoms with E-state index in [0.29, 0.717) is 16.8 Å². The van der Waals surface area contributed by atoms with Crippen molar-refractivity contribution in [1.82, 2.24) is 14.9 Å². The summed E-state index contributed by atoms with van der Waals surface area (Å²) in [6.45, 7) is 2.07. The number of fused-ring (bicyclic) bond motifs is 2. The summed E-state index contributed by atoms with van der Waals surface area (Å²) in [5.74, 6) is 1.44. The van der Waals surface area contributed by atoms with Gasteiger partial charge in [0.05, 0.1) is 23.0 Å². The molecule has 1 aliphatic heterocycles. The molecule has 31 heavy (non-hydrogen) atoms. The quantitative estimate of drug-likeness (QED) is 0.584. The van der Waals surface area contributed by atoms with E-state index in [9.17, 15) is 0 Å². The van der Waals surface area contributed by atoms with Gasteiger partial charge in [0.1, 0.15) is 18.2 Å². The van der Waals surface area contributed by atoms with E-state index in [1.54, 1.807) is 12.1 Å². The SMILES string of the molecule is OCCOc1ccc(Cl)c(-c2nc3c([nH]2)CN(C2CCc4cccc(Cl)c4C2)CC3)c1. The minimum absolute atomic E-state index is 0.0281. The average molecular weight is 458 g/mol. The van der Waals surface area contributed by atoms with Crippen LogP contribution in [0, 0.1) is 0 Å². The minimum Gasteiger partial charge on any atom is -0.491 e. The number of nitrogens with zero attached hydrogens (tertiary/aromatic N) is 2. The van der Waals surface area contributed by atoms with Crippen LogP contribution in [-0.4, -0.2) is 45.8 Å². The van der Waals surface area contributed by atoms with Crippen LogP contribution in [0.4, 0.5) is 0 Å². The molecule has 0 bridgehead atoms. The smallest absolute Gasteiger partial charge is 0.139 e. The molecule has 0 saturated heterocycles. The van der Waals surface area contributed by atoms with Crippen LogP contribution in [0.5, 0.6) is 5.75 Å². The van der Waals surface area contributed by atoms with E-state index in [4.69, 9.17) is 38.0 Å². The molecule has 1 aliphatic carbocycles. The van der Waals surface area contributed by atoms with E-state index in [0.717, 1.165) is 66.6 Å². The highest BCUT2D eigenvalue weighted by Crippen LogP contribution is 2.34. The van der Waals surface area contributed by atoms with Crippen molar-refractivity contribution in [3.8, 4) is 17.1 Å². The molecule has 2 aromatic carbocycles. The summed E-state index contributed by atoms with van der Waals surface area (Å²) in [5.41, 5.74) is 5.78. The summed E-state index contributed by atoms with van der Waals surface area (Å²) in [4.78, 5) is 10.9. The van der Waals surface area contributed by atoms with Gasteiger partial charge in [0.15, 0.2) is 0 Å². The molecule has 1 aromatic heterocycles. The van der Waals surface area contributed by atoms with Gasteiger partial charge in [0, 0.05) is 36.1 Å². The first-order valence-electron chi connectivity index (χ1n) is 10.7. The van der Waals surface area contributed by atoms with Gasteiger partial charge in [-0.1, -0.05) is 35.3 Å². The fraction of sp³-hybridized carbons (Fsp3) is 0.375. The number of imidazole rings is 1. The predicted octanol–water partition coefficient (Wildman–Crippen LogP) is 4.67. The van der Waals surface area contributed by atoms with Crippen LogP contribution < -0.4 is 4.74 Å². The molecule has 7 heteroatoms. The van der Waals surface area contributed by atoms with Crippen LogP contribution in [0.25, 0.3) is 11.4 Å². The zero-order valence-electron chi connectivity index (χ0n) is 17.2. The Morgan fingerprint density at radius 1 is 1.16 bits per heavy atom. The number of benzene rings is 2. The number of hydrogen-bond donors (Lipinski definition) is 2. The van der Waals surface area contributed by atoms with Crippen molar-refractivity contribution in [3.05, 3.63) is 69.0 Å². The van der Waals surface area contributed by atoms with Gasteiger partial charge in [-0.15, -0.1) is 0 Å². The Labute approximate surface area is 192 Å². The second-order valence-electron chi connectivity index (χ2n) is 8.22. The van der Waals surface area contributed by atoms with Gasteiger partial charge in [-0.05, 0) is 54.7 Å². The van der Waals surface area contributed by atoms with E-state index in [1.165, 1.54) is 11.1 Å². The van der Waals surface area contributed by atoms with Gasteiger partial charge < -0.3 is 14.8 Å². The number of nitrogens with one attached hydrogen (secondary N) is 1. The van der Waals surface area contributed by atoms with Gasteiger partial charge in [0.2, 0.25) is 0 Å². The Hall–Kier alpha value is -2.05. The van der Waals surface area contributed by atoms with Crippen molar-refractivity contribution in [2.75, 3.05) is 19.8 Å². The predicted molar refractivity (Wildman–Crippen MR) is 123 cm³/mol. The summed E-state index contributed by atoms with van der Waals surface area (Å²) in [5, 5.41) is 10.5. The van der Waals surface area contributed by atoms with Crippen LogP contribution in [-0.2, 0) is 25.8 Å². The highest BCUT2D eigenvalue weighted by Gasteiger charge is 2.29. The zero-order chi connectivity index (χ0) is 21.4. The van der Waals surface area contributed by atoms with Crippen molar-refractivity contribution in [1.29, 1.82) is 0 Å². The summed E-state index contributed by atoms with van der Waals surface area (Å²) >= 11 is 12.9. The van der Waals surface area contributed by atoms with Crippen LogP contribution in [0.3, 0.4) is 0 Å². The third kappa shape index (κ3) is 4.20. The Balaban J connectivity index is 1.35. The van der Waals surface area contributed by atoms with Crippen molar-refractivity contribution in [2.45, 2.75) is 38.3 Å². The number of halogens is 2. The Morgan fingerprint density at radius 2 is 2.06 bits per heavy atom. The number of hydrogen-bond acceptors (Lipinski definition) is 4. The lowest BCUT2D eigenvalue weighted by Gasteiger charge is -2.37. The number of aryl methyl sites for hydroxylation is 1. The molecule has 0 saturated carbocycles. The first kappa shape index (κ1) is 20.8. The van der Waals surface area contributed by atoms with Crippen molar-refractivity contribution >= 4 is 23.2 Å². The molecule has 2 heterocycles. The van der Waals surface area contributed by atoms with Gasteiger partial charge in [-0.3, -0.25) is 4.90 Å². The molecule has 2 aliphatic rings. The zero-order valence-corrected chi connectivity index (χ0v) is 18.7. The van der Waals surface area contributed by atoms with Crippen molar-refractivity contribution < 1.29 is 9.84 Å². The monoisotopic (exact) mass is 457 g/mol. The molecule has 162 valence electrons. The molecule has 1 atom stereocenters. The molecular weight excluding hydrogens is 433 g/mol. The van der Waals surface area contributed by atoms with Crippen LogP contribution in [0.15, 0.2) is 36.4 Å². The number of aromatic nitrogens is 2. The van der Waals surface area contributed by atoms with E-state index in [1.807, 2.05) is 12.1 Å². The second kappa shape index (κ2) is 8.83. The maximum atomic E-state index is 9.00. The van der Waals surface area contributed by atoms with Gasteiger partial charge in [-0.25, -0.2) is 4.98 Å².